The van der Waals surface area contributed by atoms with Gasteiger partial charge in [-0.25, -0.2) is 0 Å². The summed E-state index contributed by atoms with van der Waals surface area (Å²) in [7, 11) is 1.57. The van der Waals surface area contributed by atoms with Crippen LogP contribution in [0.5, 0.6) is 0 Å². The summed E-state index contributed by atoms with van der Waals surface area (Å²) in [6.45, 7) is 0.381. The smallest absolute Gasteiger partial charge is 0.321 e. The molecule has 0 spiro atoms. The average molecular weight is 246 g/mol. The fourth-order valence-corrected chi connectivity index (χ4v) is 1.86. The monoisotopic (exact) mass is 246 g/mol. The molecule has 0 aliphatic heterocycles. The van der Waals surface area contributed by atoms with Crippen LogP contribution in [-0.2, 0) is 21.9 Å². The van der Waals surface area contributed by atoms with E-state index in [0.29, 0.717) is 23.9 Å². The van der Waals surface area contributed by atoms with Gasteiger partial charge in [-0.15, -0.1) is 0 Å². The number of rotatable bonds is 7. The third-order valence-corrected chi connectivity index (χ3v) is 2.85. The van der Waals surface area contributed by atoms with Crippen LogP contribution in [0, 0.1) is 0 Å². The number of aliphatic carboxylic acids is 1. The highest BCUT2D eigenvalue weighted by Gasteiger charge is 2.11. The fourth-order valence-electron chi connectivity index (χ4n) is 0.996. The van der Waals surface area contributed by atoms with E-state index in [0.717, 1.165) is 5.69 Å². The van der Waals surface area contributed by atoms with Gasteiger partial charge in [-0.05, 0) is 0 Å². The largest absolute Gasteiger partial charge is 0.480 e. The number of nitrogens with zero attached hydrogens (tertiary/aromatic N) is 1. The third-order valence-electron chi connectivity index (χ3n) is 1.76. The number of hydrogen-bond acceptors (Lipinski definition) is 6. The van der Waals surface area contributed by atoms with Crippen LogP contribution in [0.2, 0.25) is 0 Å². The van der Waals surface area contributed by atoms with Crippen LogP contribution in [0.25, 0.3) is 0 Å². The third kappa shape index (κ3) is 4.21. The lowest BCUT2D eigenvalue weighted by molar-refractivity contribution is -0.137. The zero-order valence-corrected chi connectivity index (χ0v) is 9.70. The van der Waals surface area contributed by atoms with E-state index in [2.05, 4.69) is 5.16 Å². The molecule has 0 aliphatic carbocycles. The molecule has 1 unspecified atom stereocenters. The average Bonchev–Trinajstić information content (AvgIpc) is 2.66. The van der Waals surface area contributed by atoms with E-state index in [1.54, 1.807) is 13.2 Å². The van der Waals surface area contributed by atoms with Crippen molar-refractivity contribution in [1.82, 2.24) is 5.16 Å². The molecule has 0 radical (unpaired) electrons. The zero-order valence-electron chi connectivity index (χ0n) is 8.88. The van der Waals surface area contributed by atoms with E-state index in [1.165, 1.54) is 11.8 Å². The van der Waals surface area contributed by atoms with Crippen LogP contribution in [0.1, 0.15) is 11.5 Å². The molecule has 1 atom stereocenters. The molecular formula is C9H14N2O4S. The van der Waals surface area contributed by atoms with E-state index < -0.39 is 12.0 Å². The number of methoxy groups -OCH3 is 1. The molecule has 1 heterocycles. The Morgan fingerprint density at radius 1 is 1.81 bits per heavy atom. The Hall–Kier alpha value is -1.05. The summed E-state index contributed by atoms with van der Waals surface area (Å²) in [6, 6.07) is 0.943. The zero-order chi connectivity index (χ0) is 12.0. The lowest BCUT2D eigenvalue weighted by atomic mass is 10.4. The molecule has 0 bridgehead atoms. The maximum Gasteiger partial charge on any atom is 0.321 e. The first-order chi connectivity index (χ1) is 7.63. The van der Waals surface area contributed by atoms with Gasteiger partial charge in [0.2, 0.25) is 0 Å². The van der Waals surface area contributed by atoms with Crippen molar-refractivity contribution in [3.05, 3.63) is 17.5 Å². The molecule has 0 aromatic carbocycles. The molecule has 0 amide bonds. The van der Waals surface area contributed by atoms with Gasteiger partial charge in [0.1, 0.15) is 12.6 Å². The second-order valence-corrected chi connectivity index (χ2v) is 4.21. The van der Waals surface area contributed by atoms with Gasteiger partial charge in [0.25, 0.3) is 0 Å². The maximum atomic E-state index is 10.4. The number of carboxylic acids is 1. The van der Waals surface area contributed by atoms with Crippen molar-refractivity contribution in [3.8, 4) is 0 Å². The predicted octanol–water partition coefficient (Wildman–Crippen LogP) is 0.466. The Balaban J connectivity index is 2.29. The minimum absolute atomic E-state index is 0.349. The number of thioether (sulfide) groups is 1. The molecule has 6 nitrogen and oxygen atoms in total. The van der Waals surface area contributed by atoms with Crippen molar-refractivity contribution in [2.75, 3.05) is 12.9 Å². The number of hydrogen-bond donors (Lipinski definition) is 2. The summed E-state index contributed by atoms with van der Waals surface area (Å²) < 4.78 is 9.85. The van der Waals surface area contributed by atoms with Gasteiger partial charge in [-0.2, -0.15) is 11.8 Å². The van der Waals surface area contributed by atoms with Gasteiger partial charge < -0.3 is 20.1 Å². The van der Waals surface area contributed by atoms with E-state index >= 15 is 0 Å². The van der Waals surface area contributed by atoms with Gasteiger partial charge in [0.05, 0.1) is 5.69 Å². The molecule has 0 aliphatic rings. The van der Waals surface area contributed by atoms with Crippen molar-refractivity contribution in [3.63, 3.8) is 0 Å². The van der Waals surface area contributed by atoms with Crippen LogP contribution >= 0.6 is 11.8 Å². The Kier molecular flexibility index (Phi) is 5.30. The minimum Gasteiger partial charge on any atom is -0.480 e. The van der Waals surface area contributed by atoms with Crippen LogP contribution in [-0.4, -0.2) is 35.1 Å². The van der Waals surface area contributed by atoms with E-state index in [4.69, 9.17) is 20.1 Å². The lowest BCUT2D eigenvalue weighted by Crippen LogP contribution is -2.32. The van der Waals surface area contributed by atoms with Crippen molar-refractivity contribution in [2.45, 2.75) is 18.4 Å². The van der Waals surface area contributed by atoms with E-state index in [-0.39, 0.29) is 0 Å². The molecule has 0 saturated heterocycles. The fraction of sp³-hybridized carbons (Fsp3) is 0.556. The van der Waals surface area contributed by atoms with Crippen molar-refractivity contribution in [2.24, 2.45) is 5.73 Å². The highest BCUT2D eigenvalue weighted by molar-refractivity contribution is 7.98. The summed E-state index contributed by atoms with van der Waals surface area (Å²) in [6.07, 6.45) is 0. The van der Waals surface area contributed by atoms with Gasteiger partial charge in [-0.1, -0.05) is 5.16 Å². The van der Waals surface area contributed by atoms with E-state index in [1.807, 2.05) is 0 Å². The topological polar surface area (TPSA) is 98.6 Å². The molecule has 1 rings (SSSR count). The number of ether oxygens (including phenoxy) is 1. The maximum absolute atomic E-state index is 10.4. The molecule has 1 aromatic heterocycles. The Bertz CT molecular complexity index is 342. The minimum atomic E-state index is -0.993. The first-order valence-corrected chi connectivity index (χ1v) is 5.78. The van der Waals surface area contributed by atoms with Gasteiger partial charge in [0, 0.05) is 24.7 Å². The normalized spacial score (nSPS) is 12.6. The first kappa shape index (κ1) is 13.0. The Morgan fingerprint density at radius 3 is 3.19 bits per heavy atom. The van der Waals surface area contributed by atoms with Crippen LogP contribution in [0.3, 0.4) is 0 Å². The summed E-state index contributed by atoms with van der Waals surface area (Å²) in [5.41, 5.74) is 6.11. The summed E-state index contributed by atoms with van der Waals surface area (Å²) in [4.78, 5) is 10.4. The van der Waals surface area contributed by atoms with Gasteiger partial charge in [-0.3, -0.25) is 4.79 Å². The van der Waals surface area contributed by atoms with E-state index in [9.17, 15) is 4.79 Å². The van der Waals surface area contributed by atoms with Gasteiger partial charge in [0.15, 0.2) is 5.76 Å². The number of carboxylic acid groups (broad SMARTS) is 1. The Morgan fingerprint density at radius 2 is 2.56 bits per heavy atom. The first-order valence-electron chi connectivity index (χ1n) is 4.63. The number of aromatic nitrogens is 1. The molecule has 0 saturated carbocycles. The van der Waals surface area contributed by atoms with Crippen molar-refractivity contribution in [1.29, 1.82) is 0 Å². The summed E-state index contributed by atoms with van der Waals surface area (Å²) in [5, 5.41) is 12.4. The van der Waals surface area contributed by atoms with Crippen LogP contribution in [0.15, 0.2) is 10.6 Å². The Labute approximate surface area is 97.1 Å². The van der Waals surface area contributed by atoms with Crippen molar-refractivity contribution < 1.29 is 19.2 Å². The van der Waals surface area contributed by atoms with Crippen LogP contribution < -0.4 is 5.73 Å². The highest BCUT2D eigenvalue weighted by Crippen LogP contribution is 2.13. The summed E-state index contributed by atoms with van der Waals surface area (Å²) in [5.74, 6) is 0.587. The predicted molar refractivity (Wildman–Crippen MR) is 59.0 cm³/mol. The lowest BCUT2D eigenvalue weighted by Gasteiger charge is -2.03. The molecule has 3 N–H and O–H groups in total. The molecule has 0 fully saturated rings. The quantitative estimate of drug-likeness (QED) is 0.721. The molecule has 7 heteroatoms. The SMILES string of the molecule is COCc1cc(CSCC(N)C(=O)O)no1. The van der Waals surface area contributed by atoms with Crippen LogP contribution in [0.4, 0.5) is 0 Å². The molecule has 16 heavy (non-hydrogen) atoms. The second kappa shape index (κ2) is 6.51. The number of carbonyl (C=O) groups is 1. The number of nitrogens with two attached hydrogens (primary N) is 1. The van der Waals surface area contributed by atoms with Gasteiger partial charge >= 0.3 is 5.97 Å². The standard InChI is InChI=1S/C9H14N2O4S/c1-14-3-7-2-6(11-15-7)4-16-5-8(10)9(12)13/h2,8H,3-5,10H2,1H3,(H,12,13). The second-order valence-electron chi connectivity index (χ2n) is 3.18. The summed E-state index contributed by atoms with van der Waals surface area (Å²) >= 11 is 1.41. The highest BCUT2D eigenvalue weighted by atomic mass is 32.2. The van der Waals surface area contributed by atoms with Crippen molar-refractivity contribution >= 4 is 17.7 Å². The molecule has 1 aromatic rings. The molecular weight excluding hydrogens is 232 g/mol. The molecule has 90 valence electrons.